The summed E-state index contributed by atoms with van der Waals surface area (Å²) < 4.78 is 0. The molecule has 0 aromatic heterocycles. The summed E-state index contributed by atoms with van der Waals surface area (Å²) >= 11 is 0. The second-order valence-electron chi connectivity index (χ2n) is 7.54. The number of hydrogen-bond acceptors (Lipinski definition) is 2. The summed E-state index contributed by atoms with van der Waals surface area (Å²) in [6.45, 7) is 2.09. The maximum atomic E-state index is 12.7. The first-order chi connectivity index (χ1) is 12.6. The van der Waals surface area contributed by atoms with Crippen LogP contribution in [0.5, 0.6) is 0 Å². The van der Waals surface area contributed by atoms with Crippen LogP contribution in [0.15, 0.2) is 60.7 Å². The summed E-state index contributed by atoms with van der Waals surface area (Å²) in [6.07, 6.45) is 6.95. The van der Waals surface area contributed by atoms with Crippen molar-refractivity contribution < 1.29 is 9.59 Å². The lowest BCUT2D eigenvalue weighted by Gasteiger charge is -2.22. The van der Waals surface area contributed by atoms with E-state index in [1.165, 1.54) is 16.7 Å². The summed E-state index contributed by atoms with van der Waals surface area (Å²) in [4.78, 5) is 24.1. The smallest absolute Gasteiger partial charge is 0.228 e. The van der Waals surface area contributed by atoms with Gasteiger partial charge in [0, 0.05) is 11.6 Å². The molecule has 0 aliphatic heterocycles. The molecule has 4 unspecified atom stereocenters. The van der Waals surface area contributed by atoms with Gasteiger partial charge in [-0.15, -0.1) is 0 Å². The molecule has 2 aliphatic carbocycles. The molecule has 0 heterocycles. The molecular formula is C23H23NO2. The quantitative estimate of drug-likeness (QED) is 0.653. The Morgan fingerprint density at radius 1 is 1.00 bits per heavy atom. The monoisotopic (exact) mass is 345 g/mol. The van der Waals surface area contributed by atoms with Crippen LogP contribution < -0.4 is 5.32 Å². The Labute approximate surface area is 154 Å². The van der Waals surface area contributed by atoms with Gasteiger partial charge in [-0.1, -0.05) is 54.1 Å². The molecule has 0 spiro atoms. The average molecular weight is 345 g/mol. The summed E-state index contributed by atoms with van der Waals surface area (Å²) in [5.41, 5.74) is 4.53. The second kappa shape index (κ2) is 6.91. The number of amides is 1. The molecule has 0 saturated heterocycles. The fourth-order valence-corrected chi connectivity index (χ4v) is 4.29. The molecule has 3 heteroatoms. The lowest BCUT2D eigenvalue weighted by atomic mass is 9.83. The van der Waals surface area contributed by atoms with Crippen molar-refractivity contribution in [3.05, 3.63) is 77.4 Å². The topological polar surface area (TPSA) is 46.2 Å². The Morgan fingerprint density at radius 3 is 2.27 bits per heavy atom. The van der Waals surface area contributed by atoms with Crippen molar-refractivity contribution >= 4 is 17.9 Å². The highest BCUT2D eigenvalue weighted by Gasteiger charge is 2.47. The predicted molar refractivity (Wildman–Crippen MR) is 103 cm³/mol. The number of hydrogen-bond donors (Lipinski definition) is 1. The van der Waals surface area contributed by atoms with Gasteiger partial charge >= 0.3 is 0 Å². The van der Waals surface area contributed by atoms with E-state index in [0.717, 1.165) is 24.8 Å². The molecule has 4 rings (SSSR count). The standard InChI is InChI=1S/C23H23NO2/c1-15-2-4-16(5-3-15)12-17-6-10-20(11-7-17)24-23(26)22-19-9-8-18(13-19)21(22)14-25/h2-11,14,18-19,21-22H,12-13H2,1H3,(H,24,26). The second-order valence-corrected chi connectivity index (χ2v) is 7.54. The zero-order valence-electron chi connectivity index (χ0n) is 14.9. The Bertz CT molecular complexity index is 836. The molecule has 0 radical (unpaired) electrons. The summed E-state index contributed by atoms with van der Waals surface area (Å²) in [5, 5.41) is 3.00. The van der Waals surface area contributed by atoms with E-state index in [1.807, 2.05) is 24.3 Å². The van der Waals surface area contributed by atoms with Crippen molar-refractivity contribution in [2.45, 2.75) is 19.8 Å². The molecule has 1 fully saturated rings. The highest BCUT2D eigenvalue weighted by atomic mass is 16.2. The molecular weight excluding hydrogens is 322 g/mol. The zero-order valence-corrected chi connectivity index (χ0v) is 14.9. The van der Waals surface area contributed by atoms with Gasteiger partial charge in [-0.05, 0) is 54.9 Å². The predicted octanol–water partition coefficient (Wildman–Crippen LogP) is 4.16. The Balaban J connectivity index is 1.41. The Kier molecular flexibility index (Phi) is 4.46. The molecule has 1 amide bonds. The van der Waals surface area contributed by atoms with Crippen molar-refractivity contribution in [2.24, 2.45) is 23.7 Å². The van der Waals surface area contributed by atoms with E-state index >= 15 is 0 Å². The Morgan fingerprint density at radius 2 is 1.62 bits per heavy atom. The largest absolute Gasteiger partial charge is 0.326 e. The van der Waals surface area contributed by atoms with Crippen molar-refractivity contribution in [2.75, 3.05) is 5.32 Å². The van der Waals surface area contributed by atoms with Gasteiger partial charge in [0.25, 0.3) is 0 Å². The van der Waals surface area contributed by atoms with E-state index in [9.17, 15) is 9.59 Å². The first-order valence-electron chi connectivity index (χ1n) is 9.23. The minimum atomic E-state index is -0.227. The van der Waals surface area contributed by atoms with Crippen LogP contribution in [0, 0.1) is 30.6 Å². The van der Waals surface area contributed by atoms with Crippen molar-refractivity contribution in [3.63, 3.8) is 0 Å². The van der Waals surface area contributed by atoms with Gasteiger partial charge in [-0.2, -0.15) is 0 Å². The fourth-order valence-electron chi connectivity index (χ4n) is 4.29. The van der Waals surface area contributed by atoms with Gasteiger partial charge in [-0.25, -0.2) is 0 Å². The highest BCUT2D eigenvalue weighted by molar-refractivity contribution is 5.95. The molecule has 1 N–H and O–H groups in total. The number of benzene rings is 2. The van der Waals surface area contributed by atoms with Crippen LogP contribution in [0.3, 0.4) is 0 Å². The Hall–Kier alpha value is -2.68. The first kappa shape index (κ1) is 16.8. The van der Waals surface area contributed by atoms with E-state index < -0.39 is 0 Å². The minimum absolute atomic E-state index is 0.0368. The van der Waals surface area contributed by atoms with Gasteiger partial charge in [0.1, 0.15) is 6.29 Å². The maximum absolute atomic E-state index is 12.7. The third-order valence-corrected chi connectivity index (χ3v) is 5.73. The van der Waals surface area contributed by atoms with Crippen LogP contribution in [0.4, 0.5) is 5.69 Å². The summed E-state index contributed by atoms with van der Waals surface area (Å²) in [5.74, 6) is 0.00641. The molecule has 4 atom stereocenters. The zero-order chi connectivity index (χ0) is 18.1. The lowest BCUT2D eigenvalue weighted by molar-refractivity contribution is -0.125. The first-order valence-corrected chi connectivity index (χ1v) is 9.23. The van der Waals surface area contributed by atoms with Gasteiger partial charge in [0.15, 0.2) is 0 Å². The highest BCUT2D eigenvalue weighted by Crippen LogP contribution is 2.47. The number of carbonyl (C=O) groups excluding carboxylic acids is 2. The SMILES string of the molecule is Cc1ccc(Cc2ccc(NC(=O)C3C4C=CC(C4)C3C=O)cc2)cc1. The van der Waals surface area contributed by atoms with Crippen LogP contribution >= 0.6 is 0 Å². The van der Waals surface area contributed by atoms with E-state index in [4.69, 9.17) is 0 Å². The fraction of sp³-hybridized carbons (Fsp3) is 0.304. The van der Waals surface area contributed by atoms with E-state index in [1.54, 1.807) is 0 Å². The normalized spacial score (nSPS) is 26.0. The van der Waals surface area contributed by atoms with Crippen molar-refractivity contribution in [3.8, 4) is 0 Å². The van der Waals surface area contributed by atoms with Gasteiger partial charge in [0.05, 0.1) is 5.92 Å². The van der Waals surface area contributed by atoms with Crippen LogP contribution in [-0.2, 0) is 16.0 Å². The number of nitrogens with one attached hydrogen (secondary N) is 1. The van der Waals surface area contributed by atoms with Crippen LogP contribution in [0.1, 0.15) is 23.1 Å². The van der Waals surface area contributed by atoms with E-state index in [0.29, 0.717) is 0 Å². The van der Waals surface area contributed by atoms with Gasteiger partial charge in [-0.3, -0.25) is 4.79 Å². The van der Waals surface area contributed by atoms with Crippen molar-refractivity contribution in [1.82, 2.24) is 0 Å². The summed E-state index contributed by atoms with van der Waals surface area (Å²) in [7, 11) is 0. The lowest BCUT2D eigenvalue weighted by Crippen LogP contribution is -2.33. The third-order valence-electron chi connectivity index (χ3n) is 5.73. The number of carbonyl (C=O) groups is 2. The molecule has 2 aromatic carbocycles. The minimum Gasteiger partial charge on any atom is -0.326 e. The molecule has 3 nitrogen and oxygen atoms in total. The third kappa shape index (κ3) is 3.22. The number of aryl methyl sites for hydroxylation is 1. The summed E-state index contributed by atoms with van der Waals surface area (Å²) in [6, 6.07) is 16.5. The molecule has 2 bridgehead atoms. The number of anilines is 1. The van der Waals surface area contributed by atoms with Crippen molar-refractivity contribution in [1.29, 1.82) is 0 Å². The molecule has 2 aromatic rings. The maximum Gasteiger partial charge on any atom is 0.228 e. The number of aldehydes is 1. The van der Waals surface area contributed by atoms with E-state index in [-0.39, 0.29) is 29.6 Å². The number of allylic oxidation sites excluding steroid dienone is 2. The molecule has 1 saturated carbocycles. The van der Waals surface area contributed by atoms with Gasteiger partial charge in [0.2, 0.25) is 5.91 Å². The number of rotatable bonds is 5. The van der Waals surface area contributed by atoms with Gasteiger partial charge < -0.3 is 10.1 Å². The van der Waals surface area contributed by atoms with E-state index in [2.05, 4.69) is 48.7 Å². The molecule has 2 aliphatic rings. The van der Waals surface area contributed by atoms with Crippen LogP contribution in [0.25, 0.3) is 0 Å². The van der Waals surface area contributed by atoms with Crippen LogP contribution in [-0.4, -0.2) is 12.2 Å². The van der Waals surface area contributed by atoms with Crippen LogP contribution in [0.2, 0.25) is 0 Å². The average Bonchev–Trinajstić information content (AvgIpc) is 3.26. The molecule has 132 valence electrons. The number of fused-ring (bicyclic) bond motifs is 2. The molecule has 26 heavy (non-hydrogen) atoms.